The van der Waals surface area contributed by atoms with Crippen LogP contribution in [0.2, 0.25) is 0 Å². The first-order valence-corrected chi connectivity index (χ1v) is 6.00. The van der Waals surface area contributed by atoms with Gasteiger partial charge in [-0.2, -0.15) is 0 Å². The third-order valence-electron chi connectivity index (χ3n) is 3.09. The summed E-state index contributed by atoms with van der Waals surface area (Å²) in [6, 6.07) is 6.52. The second-order valence-electron chi connectivity index (χ2n) is 4.18. The van der Waals surface area contributed by atoms with Crippen LogP contribution in [0.1, 0.15) is 6.92 Å². The van der Waals surface area contributed by atoms with Gasteiger partial charge in [-0.3, -0.25) is 4.98 Å². The quantitative estimate of drug-likeness (QED) is 0.767. The van der Waals surface area contributed by atoms with E-state index < -0.39 is 0 Å². The summed E-state index contributed by atoms with van der Waals surface area (Å²) >= 11 is 0. The molecule has 0 unspecified atom stereocenters. The lowest BCUT2D eigenvalue weighted by Gasteiger charge is -2.06. The monoisotopic (exact) mass is 257 g/mol. The molecule has 0 aliphatic heterocycles. The highest BCUT2D eigenvalue weighted by molar-refractivity contribution is 5.82. The van der Waals surface area contributed by atoms with Gasteiger partial charge in [0.05, 0.1) is 17.3 Å². The molecule has 0 bridgehead atoms. The number of rotatable bonds is 2. The number of aromatic hydroxyl groups is 1. The van der Waals surface area contributed by atoms with Crippen molar-refractivity contribution in [2.24, 2.45) is 0 Å². The third-order valence-corrected chi connectivity index (χ3v) is 3.09. The fourth-order valence-electron chi connectivity index (χ4n) is 2.21. The molecule has 0 radical (unpaired) electrons. The second kappa shape index (κ2) is 4.35. The number of imidazole rings is 1. The zero-order chi connectivity index (χ0) is 13.4. The Bertz CT molecular complexity index is 752. The third kappa shape index (κ3) is 1.74. The second-order valence-corrected chi connectivity index (χ2v) is 4.18. The fourth-order valence-corrected chi connectivity index (χ4v) is 2.21. The first kappa shape index (κ1) is 11.6. The van der Waals surface area contributed by atoms with Gasteiger partial charge in [0, 0.05) is 12.7 Å². The Labute approximate surface area is 109 Å². The van der Waals surface area contributed by atoms with Crippen LogP contribution in [0.5, 0.6) is 5.75 Å². The van der Waals surface area contributed by atoms with Gasteiger partial charge < -0.3 is 9.67 Å². The van der Waals surface area contributed by atoms with Crippen LogP contribution in [0.15, 0.2) is 36.7 Å². The first-order valence-electron chi connectivity index (χ1n) is 6.00. The summed E-state index contributed by atoms with van der Waals surface area (Å²) in [6.07, 6.45) is 2.93. The zero-order valence-electron chi connectivity index (χ0n) is 10.3. The molecular formula is C14H12FN3O. The van der Waals surface area contributed by atoms with Crippen LogP contribution in [0.4, 0.5) is 4.39 Å². The van der Waals surface area contributed by atoms with E-state index in [-0.39, 0.29) is 11.6 Å². The molecule has 1 aromatic carbocycles. The van der Waals surface area contributed by atoms with Gasteiger partial charge in [-0.15, -0.1) is 0 Å². The van der Waals surface area contributed by atoms with Crippen molar-refractivity contribution in [1.29, 1.82) is 0 Å². The van der Waals surface area contributed by atoms with Crippen LogP contribution in [-0.2, 0) is 6.54 Å². The van der Waals surface area contributed by atoms with Crippen molar-refractivity contribution in [3.05, 3.63) is 42.5 Å². The minimum Gasteiger partial charge on any atom is -0.506 e. The van der Waals surface area contributed by atoms with E-state index in [4.69, 9.17) is 0 Å². The van der Waals surface area contributed by atoms with Crippen LogP contribution in [0.25, 0.3) is 22.4 Å². The number of hydrogen-bond acceptors (Lipinski definition) is 3. The average molecular weight is 257 g/mol. The molecule has 1 N–H and O–H groups in total. The van der Waals surface area contributed by atoms with Crippen molar-refractivity contribution >= 4 is 11.0 Å². The Morgan fingerprint density at radius 3 is 2.89 bits per heavy atom. The van der Waals surface area contributed by atoms with Gasteiger partial charge in [0.2, 0.25) is 0 Å². The number of para-hydroxylation sites is 1. The van der Waals surface area contributed by atoms with Crippen molar-refractivity contribution in [3.63, 3.8) is 0 Å². The number of aryl methyl sites for hydroxylation is 1. The fraction of sp³-hybridized carbons (Fsp3) is 0.143. The zero-order valence-corrected chi connectivity index (χ0v) is 10.3. The molecule has 0 saturated heterocycles. The van der Waals surface area contributed by atoms with Gasteiger partial charge in [-0.05, 0) is 25.1 Å². The SMILES string of the molecule is CCn1c(-c2ccncc2O)nc2c(F)cccc21. The highest BCUT2D eigenvalue weighted by Crippen LogP contribution is 2.31. The van der Waals surface area contributed by atoms with Crippen molar-refractivity contribution in [3.8, 4) is 17.1 Å². The van der Waals surface area contributed by atoms with Crippen molar-refractivity contribution in [2.45, 2.75) is 13.5 Å². The number of aromatic nitrogens is 3. The molecule has 0 atom stereocenters. The van der Waals surface area contributed by atoms with Gasteiger partial charge in [0.15, 0.2) is 5.82 Å². The lowest BCUT2D eigenvalue weighted by Crippen LogP contribution is -1.97. The van der Waals surface area contributed by atoms with Crippen LogP contribution in [0.3, 0.4) is 0 Å². The molecule has 3 aromatic rings. The Morgan fingerprint density at radius 1 is 1.32 bits per heavy atom. The molecule has 2 heterocycles. The largest absolute Gasteiger partial charge is 0.506 e. The number of benzene rings is 1. The highest BCUT2D eigenvalue weighted by Gasteiger charge is 2.16. The molecule has 0 aliphatic rings. The molecule has 2 aromatic heterocycles. The molecule has 0 fully saturated rings. The molecule has 0 amide bonds. The summed E-state index contributed by atoms with van der Waals surface area (Å²) < 4.78 is 15.6. The van der Waals surface area contributed by atoms with Crippen molar-refractivity contribution in [2.75, 3.05) is 0 Å². The van der Waals surface area contributed by atoms with Crippen LogP contribution in [-0.4, -0.2) is 19.6 Å². The van der Waals surface area contributed by atoms with E-state index in [0.29, 0.717) is 29.0 Å². The maximum atomic E-state index is 13.8. The number of nitrogens with zero attached hydrogens (tertiary/aromatic N) is 3. The standard InChI is InChI=1S/C14H12FN3O/c1-2-18-11-5-3-4-10(15)13(11)17-14(18)9-6-7-16-8-12(9)19/h3-8,19H,2H2,1H3. The van der Waals surface area contributed by atoms with Crippen molar-refractivity contribution in [1.82, 2.24) is 14.5 Å². The number of fused-ring (bicyclic) bond motifs is 1. The number of hydrogen-bond donors (Lipinski definition) is 1. The van der Waals surface area contributed by atoms with Crippen LogP contribution < -0.4 is 0 Å². The first-order chi connectivity index (χ1) is 9.22. The van der Waals surface area contributed by atoms with E-state index in [2.05, 4.69) is 9.97 Å². The van der Waals surface area contributed by atoms with Crippen molar-refractivity contribution < 1.29 is 9.50 Å². The normalized spacial score (nSPS) is 11.1. The topological polar surface area (TPSA) is 50.9 Å². The van der Waals surface area contributed by atoms with Gasteiger partial charge in [-0.1, -0.05) is 6.07 Å². The molecule has 19 heavy (non-hydrogen) atoms. The minimum atomic E-state index is -0.362. The van der Waals surface area contributed by atoms with Gasteiger partial charge in [0.1, 0.15) is 17.1 Å². The smallest absolute Gasteiger partial charge is 0.151 e. The summed E-state index contributed by atoms with van der Waals surface area (Å²) in [7, 11) is 0. The van der Waals surface area contributed by atoms with Gasteiger partial charge >= 0.3 is 0 Å². The Balaban J connectivity index is 2.36. The number of pyridine rings is 1. The molecule has 0 saturated carbocycles. The molecular weight excluding hydrogens is 245 g/mol. The number of halogens is 1. The molecule has 0 spiro atoms. The molecule has 3 rings (SSSR count). The molecule has 5 heteroatoms. The average Bonchev–Trinajstić information content (AvgIpc) is 2.79. The Morgan fingerprint density at radius 2 is 2.16 bits per heavy atom. The van der Waals surface area contributed by atoms with E-state index in [1.807, 2.05) is 17.6 Å². The van der Waals surface area contributed by atoms with Crippen LogP contribution in [0, 0.1) is 5.82 Å². The molecule has 4 nitrogen and oxygen atoms in total. The van der Waals surface area contributed by atoms with E-state index in [1.54, 1.807) is 18.3 Å². The summed E-state index contributed by atoms with van der Waals surface area (Å²) in [6.45, 7) is 2.59. The summed E-state index contributed by atoms with van der Waals surface area (Å²) in [4.78, 5) is 8.15. The van der Waals surface area contributed by atoms with Gasteiger partial charge in [-0.25, -0.2) is 9.37 Å². The lowest BCUT2D eigenvalue weighted by atomic mass is 10.2. The van der Waals surface area contributed by atoms with E-state index in [9.17, 15) is 9.50 Å². The maximum Gasteiger partial charge on any atom is 0.151 e. The van der Waals surface area contributed by atoms with E-state index >= 15 is 0 Å². The van der Waals surface area contributed by atoms with E-state index in [0.717, 1.165) is 0 Å². The molecule has 0 aliphatic carbocycles. The minimum absolute atomic E-state index is 0.0351. The predicted molar refractivity (Wildman–Crippen MR) is 70.3 cm³/mol. The van der Waals surface area contributed by atoms with E-state index in [1.165, 1.54) is 12.3 Å². The van der Waals surface area contributed by atoms with Gasteiger partial charge in [0.25, 0.3) is 0 Å². The Kier molecular flexibility index (Phi) is 2.67. The lowest BCUT2D eigenvalue weighted by molar-refractivity contribution is 0.474. The summed E-state index contributed by atoms with van der Waals surface area (Å²) in [5.74, 6) is 0.218. The summed E-state index contributed by atoms with van der Waals surface area (Å²) in [5, 5.41) is 9.87. The Hall–Kier alpha value is -2.43. The van der Waals surface area contributed by atoms with Crippen LogP contribution >= 0.6 is 0 Å². The molecule has 96 valence electrons. The summed E-state index contributed by atoms with van der Waals surface area (Å²) in [5.41, 5.74) is 1.58. The highest BCUT2D eigenvalue weighted by atomic mass is 19.1. The predicted octanol–water partition coefficient (Wildman–Crippen LogP) is 2.96. The maximum absolute atomic E-state index is 13.8.